The first-order valence-corrected chi connectivity index (χ1v) is 6.09. The van der Waals surface area contributed by atoms with E-state index < -0.39 is 0 Å². The van der Waals surface area contributed by atoms with Gasteiger partial charge >= 0.3 is 6.03 Å². The van der Waals surface area contributed by atoms with Crippen LogP contribution in [0.1, 0.15) is 6.92 Å². The minimum absolute atomic E-state index is 0.244. The molecule has 4 nitrogen and oxygen atoms in total. The molecule has 0 aliphatic rings. The van der Waals surface area contributed by atoms with Crippen molar-refractivity contribution in [3.8, 4) is 0 Å². The van der Waals surface area contributed by atoms with E-state index in [0.717, 1.165) is 15.2 Å². The lowest BCUT2D eigenvalue weighted by atomic mass is 10.2. The summed E-state index contributed by atoms with van der Waals surface area (Å²) in [7, 11) is 0. The molecule has 88 valence electrons. The van der Waals surface area contributed by atoms with Crippen LogP contribution in [0.3, 0.4) is 0 Å². The Kier molecular flexibility index (Phi) is 3.58. The fourth-order valence-corrected chi connectivity index (χ4v) is 2.02. The molecule has 2 aromatic rings. The van der Waals surface area contributed by atoms with E-state index in [1.165, 1.54) is 0 Å². The number of rotatable bonds is 2. The monoisotopic (exact) mass is 293 g/mol. The van der Waals surface area contributed by atoms with Crippen LogP contribution in [0.5, 0.6) is 0 Å². The van der Waals surface area contributed by atoms with E-state index in [0.29, 0.717) is 12.4 Å². The van der Waals surface area contributed by atoms with Gasteiger partial charge in [-0.15, -0.1) is 0 Å². The van der Waals surface area contributed by atoms with Crippen LogP contribution in [0.25, 0.3) is 10.8 Å². The number of nitrogens with zero attached hydrogens (tertiary/aromatic N) is 1. The second-order valence-electron chi connectivity index (χ2n) is 3.51. The number of carbonyl (C=O) groups excluding carboxylic acids is 1. The molecular weight excluding hydrogens is 282 g/mol. The van der Waals surface area contributed by atoms with Gasteiger partial charge in [-0.2, -0.15) is 0 Å². The molecule has 0 saturated heterocycles. The Balaban J connectivity index is 2.31. The van der Waals surface area contributed by atoms with E-state index >= 15 is 0 Å². The highest BCUT2D eigenvalue weighted by molar-refractivity contribution is 9.10. The number of fused-ring (bicyclic) bond motifs is 1. The Labute approximate surface area is 108 Å². The van der Waals surface area contributed by atoms with Crippen molar-refractivity contribution >= 4 is 38.6 Å². The van der Waals surface area contributed by atoms with Gasteiger partial charge < -0.3 is 5.32 Å². The number of urea groups is 1. The van der Waals surface area contributed by atoms with Crippen molar-refractivity contribution in [1.82, 2.24) is 10.3 Å². The average Bonchev–Trinajstić information content (AvgIpc) is 2.30. The third-order valence-corrected chi connectivity index (χ3v) is 2.98. The van der Waals surface area contributed by atoms with Gasteiger partial charge in [-0.05, 0) is 19.1 Å². The summed E-state index contributed by atoms with van der Waals surface area (Å²) in [6.07, 6.45) is 1.74. The van der Waals surface area contributed by atoms with E-state index in [9.17, 15) is 4.79 Å². The largest absolute Gasteiger partial charge is 0.338 e. The summed E-state index contributed by atoms with van der Waals surface area (Å²) in [5, 5.41) is 7.39. The highest BCUT2D eigenvalue weighted by Gasteiger charge is 2.04. The molecule has 0 atom stereocenters. The Bertz CT molecular complexity index is 556. The molecule has 0 aliphatic carbocycles. The summed E-state index contributed by atoms with van der Waals surface area (Å²) in [5.74, 6) is 0.537. The molecular formula is C12H12BrN3O. The maximum Gasteiger partial charge on any atom is 0.320 e. The van der Waals surface area contributed by atoms with Gasteiger partial charge in [-0.25, -0.2) is 9.78 Å². The molecule has 2 rings (SSSR count). The van der Waals surface area contributed by atoms with E-state index in [-0.39, 0.29) is 6.03 Å². The van der Waals surface area contributed by atoms with Gasteiger partial charge in [-0.1, -0.05) is 28.1 Å². The number of amides is 2. The van der Waals surface area contributed by atoms with Crippen LogP contribution in [0.2, 0.25) is 0 Å². The number of carbonyl (C=O) groups is 1. The Hall–Kier alpha value is -1.62. The lowest BCUT2D eigenvalue weighted by molar-refractivity contribution is 0.252. The topological polar surface area (TPSA) is 54.0 Å². The number of pyridine rings is 1. The van der Waals surface area contributed by atoms with Gasteiger partial charge in [0.05, 0.1) is 0 Å². The predicted molar refractivity (Wildman–Crippen MR) is 72.1 cm³/mol. The van der Waals surface area contributed by atoms with Crippen LogP contribution in [0, 0.1) is 0 Å². The number of hydrogen-bond donors (Lipinski definition) is 2. The maximum absolute atomic E-state index is 11.4. The fourth-order valence-electron chi connectivity index (χ4n) is 1.52. The normalized spacial score (nSPS) is 10.2. The lowest BCUT2D eigenvalue weighted by Crippen LogP contribution is -2.28. The quantitative estimate of drug-likeness (QED) is 0.894. The van der Waals surface area contributed by atoms with Crippen molar-refractivity contribution in [2.75, 3.05) is 11.9 Å². The number of aromatic nitrogens is 1. The van der Waals surface area contributed by atoms with Crippen molar-refractivity contribution in [1.29, 1.82) is 0 Å². The molecule has 0 saturated carbocycles. The molecule has 2 N–H and O–H groups in total. The number of nitrogens with one attached hydrogen (secondary N) is 2. The van der Waals surface area contributed by atoms with E-state index in [4.69, 9.17) is 0 Å². The molecule has 0 aliphatic heterocycles. The second kappa shape index (κ2) is 5.14. The zero-order valence-corrected chi connectivity index (χ0v) is 10.9. The zero-order valence-electron chi connectivity index (χ0n) is 9.33. The molecule has 5 heteroatoms. The predicted octanol–water partition coefficient (Wildman–Crippen LogP) is 3.14. The third kappa shape index (κ3) is 2.74. The summed E-state index contributed by atoms with van der Waals surface area (Å²) < 4.78 is 0.983. The minimum atomic E-state index is -0.244. The summed E-state index contributed by atoms with van der Waals surface area (Å²) in [4.78, 5) is 15.5. The molecule has 0 unspecified atom stereocenters. The van der Waals surface area contributed by atoms with Gasteiger partial charge in [0.2, 0.25) is 0 Å². The van der Waals surface area contributed by atoms with E-state index in [1.807, 2.05) is 31.2 Å². The Morgan fingerprint density at radius 1 is 1.47 bits per heavy atom. The third-order valence-electron chi connectivity index (χ3n) is 2.29. The van der Waals surface area contributed by atoms with Crippen LogP contribution in [0.4, 0.5) is 10.6 Å². The molecule has 0 bridgehead atoms. The first-order valence-electron chi connectivity index (χ1n) is 5.30. The number of halogens is 1. The van der Waals surface area contributed by atoms with E-state index in [1.54, 1.807) is 6.20 Å². The summed E-state index contributed by atoms with van der Waals surface area (Å²) >= 11 is 3.47. The van der Waals surface area contributed by atoms with Crippen LogP contribution in [-0.2, 0) is 0 Å². The highest BCUT2D eigenvalue weighted by Crippen LogP contribution is 2.24. The van der Waals surface area contributed by atoms with Crippen molar-refractivity contribution in [3.05, 3.63) is 34.9 Å². The van der Waals surface area contributed by atoms with Crippen molar-refractivity contribution in [3.63, 3.8) is 0 Å². The molecule has 0 fully saturated rings. The maximum atomic E-state index is 11.4. The number of hydrogen-bond acceptors (Lipinski definition) is 2. The Morgan fingerprint density at radius 3 is 3.06 bits per heavy atom. The van der Waals surface area contributed by atoms with Gasteiger partial charge in [-0.3, -0.25) is 5.32 Å². The molecule has 1 aromatic heterocycles. The van der Waals surface area contributed by atoms with E-state index in [2.05, 4.69) is 31.5 Å². The first kappa shape index (κ1) is 11.9. The van der Waals surface area contributed by atoms with Gasteiger partial charge in [0.25, 0.3) is 0 Å². The van der Waals surface area contributed by atoms with Gasteiger partial charge in [0, 0.05) is 28.0 Å². The van der Waals surface area contributed by atoms with Crippen molar-refractivity contribution in [2.24, 2.45) is 0 Å². The molecule has 0 spiro atoms. The number of benzene rings is 1. The molecule has 17 heavy (non-hydrogen) atoms. The van der Waals surface area contributed by atoms with Crippen molar-refractivity contribution in [2.45, 2.75) is 6.92 Å². The van der Waals surface area contributed by atoms with Crippen LogP contribution < -0.4 is 10.6 Å². The molecule has 2 amide bonds. The first-order chi connectivity index (χ1) is 8.20. The number of anilines is 1. The molecule has 1 aromatic carbocycles. The molecule has 1 heterocycles. The van der Waals surface area contributed by atoms with Crippen LogP contribution in [-0.4, -0.2) is 17.6 Å². The smallest absolute Gasteiger partial charge is 0.320 e. The second-order valence-corrected chi connectivity index (χ2v) is 4.37. The molecule has 0 radical (unpaired) electrons. The van der Waals surface area contributed by atoms with Crippen molar-refractivity contribution < 1.29 is 4.79 Å². The minimum Gasteiger partial charge on any atom is -0.338 e. The lowest BCUT2D eigenvalue weighted by Gasteiger charge is -2.06. The zero-order chi connectivity index (χ0) is 12.3. The summed E-state index contributed by atoms with van der Waals surface area (Å²) in [5.41, 5.74) is 0. The standard InChI is InChI=1S/C12H12BrN3O/c1-2-14-12(17)16-11-6-9-8(7-15-11)4-3-5-10(9)13/h3-7H,2H2,1H3,(H2,14,15,16,17). The SMILES string of the molecule is CCNC(=O)Nc1cc2c(Br)cccc2cn1. The van der Waals surface area contributed by atoms with Gasteiger partial charge in [0.1, 0.15) is 5.82 Å². The van der Waals surface area contributed by atoms with Gasteiger partial charge in [0.15, 0.2) is 0 Å². The average molecular weight is 294 g/mol. The highest BCUT2D eigenvalue weighted by atomic mass is 79.9. The summed E-state index contributed by atoms with van der Waals surface area (Å²) in [6.45, 7) is 2.45. The van der Waals surface area contributed by atoms with Crippen LogP contribution >= 0.6 is 15.9 Å². The fraction of sp³-hybridized carbons (Fsp3) is 0.167. The van der Waals surface area contributed by atoms with Crippen LogP contribution in [0.15, 0.2) is 34.9 Å². The summed E-state index contributed by atoms with van der Waals surface area (Å²) in [6, 6.07) is 7.48. The Morgan fingerprint density at radius 2 is 2.29 bits per heavy atom.